The van der Waals surface area contributed by atoms with Crippen molar-refractivity contribution in [3.63, 3.8) is 0 Å². The molecule has 2 aliphatic heterocycles. The monoisotopic (exact) mass is 186 g/mol. The molecule has 0 amide bonds. The summed E-state index contributed by atoms with van der Waals surface area (Å²) in [7, 11) is 0. The molecule has 2 aliphatic rings. The number of fused-ring (bicyclic) bond motifs is 2. The third-order valence-corrected chi connectivity index (χ3v) is 3.76. The SMILES string of the molecule is C[C@@H]1CC[C@@]2(C)O[C@@]1(C)O[C@]2(C)O. The van der Waals surface area contributed by atoms with E-state index < -0.39 is 17.2 Å². The molecule has 2 bridgehead atoms. The van der Waals surface area contributed by atoms with Gasteiger partial charge in [-0.25, -0.2) is 0 Å². The molecule has 2 fully saturated rings. The van der Waals surface area contributed by atoms with Crippen LogP contribution in [0, 0.1) is 5.92 Å². The van der Waals surface area contributed by atoms with Crippen molar-refractivity contribution >= 4 is 0 Å². The van der Waals surface area contributed by atoms with Crippen molar-refractivity contribution in [1.29, 1.82) is 0 Å². The van der Waals surface area contributed by atoms with Crippen molar-refractivity contribution in [2.45, 2.75) is 57.7 Å². The van der Waals surface area contributed by atoms with E-state index in [0.29, 0.717) is 5.92 Å². The summed E-state index contributed by atoms with van der Waals surface area (Å²) in [5.41, 5.74) is -0.533. The van der Waals surface area contributed by atoms with Gasteiger partial charge in [0.2, 0.25) is 0 Å². The molecule has 1 N–H and O–H groups in total. The molecular formula is C10H18O3. The standard InChI is InChI=1S/C10H18O3/c1-7-5-6-8(2)10(4,11)13-9(7,3)12-8/h7,11H,5-6H2,1-4H3/t7-,8-,9+,10+/m1/s1. The fourth-order valence-corrected chi connectivity index (χ4v) is 2.30. The number of hydrogen-bond acceptors (Lipinski definition) is 3. The molecule has 0 radical (unpaired) electrons. The Kier molecular flexibility index (Phi) is 1.65. The van der Waals surface area contributed by atoms with Crippen molar-refractivity contribution in [2.75, 3.05) is 0 Å². The molecule has 3 nitrogen and oxygen atoms in total. The smallest absolute Gasteiger partial charge is 0.195 e. The second kappa shape index (κ2) is 2.27. The lowest BCUT2D eigenvalue weighted by Crippen LogP contribution is -2.48. The third kappa shape index (κ3) is 1.07. The molecule has 13 heavy (non-hydrogen) atoms. The molecule has 0 aromatic heterocycles. The van der Waals surface area contributed by atoms with Gasteiger partial charge in [0.15, 0.2) is 11.6 Å². The minimum absolute atomic E-state index is 0.342. The van der Waals surface area contributed by atoms with Gasteiger partial charge in [-0.05, 0) is 33.6 Å². The second-order valence-corrected chi connectivity index (χ2v) is 4.87. The second-order valence-electron chi connectivity index (χ2n) is 4.87. The summed E-state index contributed by atoms with van der Waals surface area (Å²) in [5, 5.41) is 10.1. The maximum Gasteiger partial charge on any atom is 0.195 e. The van der Waals surface area contributed by atoms with E-state index in [9.17, 15) is 5.11 Å². The van der Waals surface area contributed by atoms with E-state index in [1.165, 1.54) is 0 Å². The van der Waals surface area contributed by atoms with E-state index in [2.05, 4.69) is 6.92 Å². The number of ether oxygens (including phenoxy) is 2. The average molecular weight is 186 g/mol. The lowest BCUT2D eigenvalue weighted by Gasteiger charge is -2.38. The summed E-state index contributed by atoms with van der Waals surface area (Å²) in [5.74, 6) is -1.40. The van der Waals surface area contributed by atoms with Crippen LogP contribution >= 0.6 is 0 Å². The lowest BCUT2D eigenvalue weighted by molar-refractivity contribution is -0.250. The molecular weight excluding hydrogens is 168 g/mol. The highest BCUT2D eigenvalue weighted by atomic mass is 16.8. The zero-order chi connectivity index (χ0) is 9.91. The minimum Gasteiger partial charge on any atom is -0.363 e. The largest absolute Gasteiger partial charge is 0.363 e. The van der Waals surface area contributed by atoms with E-state index in [4.69, 9.17) is 9.47 Å². The first-order valence-electron chi connectivity index (χ1n) is 4.92. The van der Waals surface area contributed by atoms with Gasteiger partial charge in [0.05, 0.1) is 0 Å². The number of rotatable bonds is 0. The molecule has 0 spiro atoms. The van der Waals surface area contributed by atoms with Gasteiger partial charge in [0, 0.05) is 5.92 Å². The first-order chi connectivity index (χ1) is 5.79. The van der Waals surface area contributed by atoms with Gasteiger partial charge in [-0.1, -0.05) is 6.92 Å². The average Bonchev–Trinajstić information content (AvgIpc) is 2.10. The first kappa shape index (κ1) is 9.44. The molecule has 4 atom stereocenters. The van der Waals surface area contributed by atoms with Gasteiger partial charge in [0.25, 0.3) is 0 Å². The molecule has 2 rings (SSSR count). The van der Waals surface area contributed by atoms with Gasteiger partial charge in [-0.3, -0.25) is 0 Å². The van der Waals surface area contributed by atoms with Crippen LogP contribution in [0.3, 0.4) is 0 Å². The van der Waals surface area contributed by atoms with Crippen LogP contribution in [-0.2, 0) is 9.47 Å². The Morgan fingerprint density at radius 3 is 2.38 bits per heavy atom. The van der Waals surface area contributed by atoms with Crippen LogP contribution in [-0.4, -0.2) is 22.3 Å². The molecule has 76 valence electrons. The molecule has 0 saturated carbocycles. The molecule has 0 aliphatic carbocycles. The van der Waals surface area contributed by atoms with Crippen LogP contribution < -0.4 is 0 Å². The highest BCUT2D eigenvalue weighted by molar-refractivity contribution is 5.02. The number of hydrogen-bond donors (Lipinski definition) is 1. The highest BCUT2D eigenvalue weighted by Crippen LogP contribution is 2.53. The Morgan fingerprint density at radius 1 is 1.23 bits per heavy atom. The van der Waals surface area contributed by atoms with Crippen molar-refractivity contribution in [3.8, 4) is 0 Å². The van der Waals surface area contributed by atoms with Crippen molar-refractivity contribution in [3.05, 3.63) is 0 Å². The predicted octanol–water partition coefficient (Wildman–Crippen LogP) is 1.65. The molecule has 0 unspecified atom stereocenters. The van der Waals surface area contributed by atoms with Crippen LogP contribution in [0.4, 0.5) is 0 Å². The lowest BCUT2D eigenvalue weighted by atomic mass is 9.84. The Labute approximate surface area is 79.0 Å². The summed E-state index contributed by atoms with van der Waals surface area (Å²) >= 11 is 0. The maximum absolute atomic E-state index is 10.1. The van der Waals surface area contributed by atoms with E-state index in [0.717, 1.165) is 12.8 Å². The Morgan fingerprint density at radius 2 is 1.85 bits per heavy atom. The summed E-state index contributed by atoms with van der Waals surface area (Å²) in [6.45, 7) is 7.62. The van der Waals surface area contributed by atoms with E-state index in [1.807, 2.05) is 13.8 Å². The summed E-state index contributed by atoms with van der Waals surface area (Å²) < 4.78 is 11.4. The van der Waals surface area contributed by atoms with Crippen LogP contribution in [0.5, 0.6) is 0 Å². The fourth-order valence-electron chi connectivity index (χ4n) is 2.30. The Balaban J connectivity index is 2.37. The molecule has 0 aromatic rings. The van der Waals surface area contributed by atoms with Crippen LogP contribution in [0.25, 0.3) is 0 Å². The van der Waals surface area contributed by atoms with Crippen molar-refractivity contribution < 1.29 is 14.6 Å². The van der Waals surface area contributed by atoms with Crippen LogP contribution in [0.15, 0.2) is 0 Å². The first-order valence-corrected chi connectivity index (χ1v) is 4.92. The van der Waals surface area contributed by atoms with E-state index in [-0.39, 0.29) is 0 Å². The van der Waals surface area contributed by atoms with Gasteiger partial charge in [0.1, 0.15) is 5.60 Å². The van der Waals surface area contributed by atoms with Crippen LogP contribution in [0.2, 0.25) is 0 Å². The zero-order valence-corrected chi connectivity index (χ0v) is 8.76. The van der Waals surface area contributed by atoms with Gasteiger partial charge < -0.3 is 14.6 Å². The quantitative estimate of drug-likeness (QED) is 0.625. The summed E-state index contributed by atoms with van der Waals surface area (Å²) in [4.78, 5) is 0. The summed E-state index contributed by atoms with van der Waals surface area (Å²) in [6.07, 6.45) is 1.90. The highest BCUT2D eigenvalue weighted by Gasteiger charge is 2.63. The van der Waals surface area contributed by atoms with Gasteiger partial charge >= 0.3 is 0 Å². The molecule has 2 heterocycles. The van der Waals surface area contributed by atoms with Crippen molar-refractivity contribution in [2.24, 2.45) is 5.92 Å². The molecule has 3 heteroatoms. The summed E-state index contributed by atoms with van der Waals surface area (Å²) in [6, 6.07) is 0. The number of aliphatic hydroxyl groups is 1. The maximum atomic E-state index is 10.1. The van der Waals surface area contributed by atoms with E-state index >= 15 is 0 Å². The minimum atomic E-state index is -1.15. The third-order valence-electron chi connectivity index (χ3n) is 3.76. The van der Waals surface area contributed by atoms with Gasteiger partial charge in [-0.15, -0.1) is 0 Å². The normalized spacial score (nSPS) is 61.2. The van der Waals surface area contributed by atoms with Crippen LogP contribution in [0.1, 0.15) is 40.5 Å². The molecule has 0 aromatic carbocycles. The zero-order valence-electron chi connectivity index (χ0n) is 8.76. The van der Waals surface area contributed by atoms with Gasteiger partial charge in [-0.2, -0.15) is 0 Å². The van der Waals surface area contributed by atoms with E-state index in [1.54, 1.807) is 6.92 Å². The Hall–Kier alpha value is -0.120. The van der Waals surface area contributed by atoms with Crippen molar-refractivity contribution in [1.82, 2.24) is 0 Å². The topological polar surface area (TPSA) is 38.7 Å². The molecule has 2 saturated heterocycles. The fraction of sp³-hybridized carbons (Fsp3) is 1.00. The predicted molar refractivity (Wildman–Crippen MR) is 48.0 cm³/mol. The Bertz CT molecular complexity index is 234.